The van der Waals surface area contributed by atoms with Crippen molar-refractivity contribution in [3.63, 3.8) is 0 Å². The minimum Gasteiger partial charge on any atom is -0.347 e. The number of thiophene rings is 1. The van der Waals surface area contributed by atoms with Gasteiger partial charge in [-0.3, -0.25) is 4.79 Å². The number of nitrogens with one attached hydrogen (secondary N) is 1. The maximum Gasteiger partial charge on any atom is 0.261 e. The molecule has 4 heteroatoms. The zero-order valence-electron chi connectivity index (χ0n) is 10.7. The van der Waals surface area contributed by atoms with Crippen molar-refractivity contribution in [2.24, 2.45) is 0 Å². The van der Waals surface area contributed by atoms with E-state index in [1.165, 1.54) is 19.3 Å². The van der Waals surface area contributed by atoms with Crippen molar-refractivity contribution in [3.05, 3.63) is 21.9 Å². The van der Waals surface area contributed by atoms with E-state index in [1.54, 1.807) is 11.3 Å². The molecule has 2 nitrogen and oxygen atoms in total. The number of carbonyl (C=O) groups excluding carboxylic acids is 1. The molecule has 0 saturated heterocycles. The van der Waals surface area contributed by atoms with Crippen LogP contribution in [0.15, 0.2) is 11.4 Å². The summed E-state index contributed by atoms with van der Waals surface area (Å²) >= 11 is 5.27. The molecule has 1 aliphatic carbocycles. The van der Waals surface area contributed by atoms with Gasteiger partial charge in [0.25, 0.3) is 5.91 Å². The molecular formula is C14H20BrNOS. The molecule has 0 aromatic carbocycles. The van der Waals surface area contributed by atoms with Crippen molar-refractivity contribution in [1.82, 2.24) is 5.32 Å². The molecule has 1 aliphatic rings. The van der Waals surface area contributed by atoms with Gasteiger partial charge in [0.15, 0.2) is 0 Å². The summed E-state index contributed by atoms with van der Waals surface area (Å²) in [7, 11) is 0. The summed E-state index contributed by atoms with van der Waals surface area (Å²) in [6.45, 7) is 2.10. The Bertz CT molecular complexity index is 404. The summed E-state index contributed by atoms with van der Waals surface area (Å²) in [5.41, 5.74) is 1.16. The molecule has 1 aromatic rings. The van der Waals surface area contributed by atoms with Gasteiger partial charge < -0.3 is 5.32 Å². The van der Waals surface area contributed by atoms with E-state index in [4.69, 9.17) is 0 Å². The second-order valence-electron chi connectivity index (χ2n) is 4.86. The molecule has 1 heterocycles. The molecule has 1 amide bonds. The Hall–Kier alpha value is -0.350. The van der Waals surface area contributed by atoms with Gasteiger partial charge >= 0.3 is 0 Å². The number of halogens is 1. The predicted molar refractivity (Wildman–Crippen MR) is 80.8 cm³/mol. The standard InChI is InChI=1S/C14H20BrNOS/c1-2-10-8-9-18-13(10)14(17)16-12-7-5-3-4-6-11(12)15/h8-9,11-12H,2-7H2,1H3,(H,16,17). The minimum absolute atomic E-state index is 0.109. The van der Waals surface area contributed by atoms with Gasteiger partial charge in [0.2, 0.25) is 0 Å². The van der Waals surface area contributed by atoms with Crippen LogP contribution in [0.1, 0.15) is 54.3 Å². The average molecular weight is 330 g/mol. The molecule has 0 bridgehead atoms. The topological polar surface area (TPSA) is 29.1 Å². The number of amides is 1. The van der Waals surface area contributed by atoms with E-state index < -0.39 is 0 Å². The molecule has 0 radical (unpaired) electrons. The van der Waals surface area contributed by atoms with E-state index >= 15 is 0 Å². The Balaban J connectivity index is 2.01. The highest BCUT2D eigenvalue weighted by atomic mass is 79.9. The van der Waals surface area contributed by atoms with Crippen LogP contribution in [-0.2, 0) is 6.42 Å². The molecule has 0 spiro atoms. The number of aryl methyl sites for hydroxylation is 1. The van der Waals surface area contributed by atoms with E-state index in [0.717, 1.165) is 29.7 Å². The fourth-order valence-corrected chi connectivity index (χ4v) is 4.09. The summed E-state index contributed by atoms with van der Waals surface area (Å²) in [5, 5.41) is 5.22. The zero-order chi connectivity index (χ0) is 13.0. The SMILES string of the molecule is CCc1ccsc1C(=O)NC1CCCCCC1Br. The van der Waals surface area contributed by atoms with E-state index in [9.17, 15) is 4.79 Å². The smallest absolute Gasteiger partial charge is 0.261 e. The Kier molecular flexibility index (Phi) is 5.25. The zero-order valence-corrected chi connectivity index (χ0v) is 13.1. The molecule has 1 fully saturated rings. The molecule has 1 aromatic heterocycles. The quantitative estimate of drug-likeness (QED) is 0.655. The summed E-state index contributed by atoms with van der Waals surface area (Å²) in [5.74, 6) is 0.109. The van der Waals surface area contributed by atoms with Gasteiger partial charge in [-0.25, -0.2) is 0 Å². The third-order valence-corrected chi connectivity index (χ3v) is 5.63. The summed E-state index contributed by atoms with van der Waals surface area (Å²) in [6.07, 6.45) is 6.95. The molecule has 2 rings (SSSR count). The van der Waals surface area contributed by atoms with Crippen LogP contribution in [0.2, 0.25) is 0 Å². The lowest BCUT2D eigenvalue weighted by Gasteiger charge is -2.21. The highest BCUT2D eigenvalue weighted by Gasteiger charge is 2.24. The molecule has 1 N–H and O–H groups in total. The fraction of sp³-hybridized carbons (Fsp3) is 0.643. The first-order valence-corrected chi connectivity index (χ1v) is 8.53. The monoisotopic (exact) mass is 329 g/mol. The van der Waals surface area contributed by atoms with Gasteiger partial charge in [0.1, 0.15) is 0 Å². The van der Waals surface area contributed by atoms with Gasteiger partial charge in [-0.1, -0.05) is 42.1 Å². The van der Waals surface area contributed by atoms with Crippen LogP contribution in [0.3, 0.4) is 0 Å². The molecule has 18 heavy (non-hydrogen) atoms. The van der Waals surface area contributed by atoms with Crippen molar-refractivity contribution >= 4 is 33.2 Å². The molecule has 0 aliphatic heterocycles. The second kappa shape index (κ2) is 6.71. The Morgan fingerprint density at radius 1 is 1.44 bits per heavy atom. The van der Waals surface area contributed by atoms with Crippen molar-refractivity contribution in [2.45, 2.75) is 56.3 Å². The number of carbonyl (C=O) groups is 1. The highest BCUT2D eigenvalue weighted by Crippen LogP contribution is 2.25. The van der Waals surface area contributed by atoms with Crippen molar-refractivity contribution < 1.29 is 4.79 Å². The van der Waals surface area contributed by atoms with Gasteiger partial charge in [0, 0.05) is 10.9 Å². The normalized spacial score (nSPS) is 24.6. The lowest BCUT2D eigenvalue weighted by atomic mass is 10.1. The summed E-state index contributed by atoms with van der Waals surface area (Å²) < 4.78 is 0. The van der Waals surface area contributed by atoms with E-state index in [1.807, 2.05) is 5.38 Å². The lowest BCUT2D eigenvalue weighted by molar-refractivity contribution is 0.0938. The lowest BCUT2D eigenvalue weighted by Crippen LogP contribution is -2.40. The maximum absolute atomic E-state index is 12.3. The highest BCUT2D eigenvalue weighted by molar-refractivity contribution is 9.09. The van der Waals surface area contributed by atoms with E-state index in [-0.39, 0.29) is 11.9 Å². The number of alkyl halides is 1. The van der Waals surface area contributed by atoms with E-state index in [0.29, 0.717) is 4.83 Å². The average Bonchev–Trinajstić information content (AvgIpc) is 2.76. The van der Waals surface area contributed by atoms with Crippen LogP contribution in [0.4, 0.5) is 0 Å². The third kappa shape index (κ3) is 3.35. The number of hydrogen-bond acceptors (Lipinski definition) is 2. The van der Waals surface area contributed by atoms with Gasteiger partial charge in [-0.05, 0) is 36.3 Å². The molecule has 2 atom stereocenters. The van der Waals surface area contributed by atoms with Crippen molar-refractivity contribution in [1.29, 1.82) is 0 Å². The van der Waals surface area contributed by atoms with Crippen LogP contribution in [0, 0.1) is 0 Å². The first kappa shape index (κ1) is 14.1. The van der Waals surface area contributed by atoms with Crippen LogP contribution < -0.4 is 5.32 Å². The molecule has 1 saturated carbocycles. The predicted octanol–water partition coefficient (Wildman–Crippen LogP) is 4.14. The van der Waals surface area contributed by atoms with E-state index in [2.05, 4.69) is 34.2 Å². The Labute approximate surface area is 121 Å². The van der Waals surface area contributed by atoms with Gasteiger partial charge in [-0.15, -0.1) is 11.3 Å². The van der Waals surface area contributed by atoms with Gasteiger partial charge in [0.05, 0.1) is 4.88 Å². The molecule has 100 valence electrons. The van der Waals surface area contributed by atoms with Crippen LogP contribution in [-0.4, -0.2) is 16.8 Å². The fourth-order valence-electron chi connectivity index (χ4n) is 2.47. The number of hydrogen-bond donors (Lipinski definition) is 1. The van der Waals surface area contributed by atoms with Gasteiger partial charge in [-0.2, -0.15) is 0 Å². The minimum atomic E-state index is 0.109. The van der Waals surface area contributed by atoms with Crippen molar-refractivity contribution in [3.8, 4) is 0 Å². The molecule has 2 unspecified atom stereocenters. The largest absolute Gasteiger partial charge is 0.347 e. The van der Waals surface area contributed by atoms with Crippen LogP contribution in [0.5, 0.6) is 0 Å². The van der Waals surface area contributed by atoms with Crippen LogP contribution >= 0.6 is 27.3 Å². The first-order valence-electron chi connectivity index (χ1n) is 6.73. The van der Waals surface area contributed by atoms with Crippen molar-refractivity contribution in [2.75, 3.05) is 0 Å². The molecular weight excluding hydrogens is 310 g/mol. The number of rotatable bonds is 3. The third-order valence-electron chi connectivity index (χ3n) is 3.58. The summed E-state index contributed by atoms with van der Waals surface area (Å²) in [4.78, 5) is 13.6. The second-order valence-corrected chi connectivity index (χ2v) is 6.95. The Morgan fingerprint density at radius 3 is 3.00 bits per heavy atom. The maximum atomic E-state index is 12.3. The Morgan fingerprint density at radius 2 is 2.22 bits per heavy atom. The summed E-state index contributed by atoms with van der Waals surface area (Å²) in [6, 6.07) is 2.34. The van der Waals surface area contributed by atoms with Crippen LogP contribution in [0.25, 0.3) is 0 Å². The first-order chi connectivity index (χ1) is 8.72.